The van der Waals surface area contributed by atoms with Gasteiger partial charge in [0.2, 0.25) is 5.95 Å². The van der Waals surface area contributed by atoms with Crippen molar-refractivity contribution in [2.24, 2.45) is 5.92 Å². The Balaban J connectivity index is 1.85. The lowest BCUT2D eigenvalue weighted by molar-refractivity contribution is 0.248. The van der Waals surface area contributed by atoms with Crippen molar-refractivity contribution in [3.63, 3.8) is 0 Å². The molecule has 0 fully saturated rings. The number of aliphatic hydroxyl groups is 1. The summed E-state index contributed by atoms with van der Waals surface area (Å²) in [5.41, 5.74) is 8.07. The van der Waals surface area contributed by atoms with Crippen LogP contribution in [0.4, 0.5) is 17.5 Å². The van der Waals surface area contributed by atoms with Gasteiger partial charge in [0.05, 0.1) is 28.9 Å². The van der Waals surface area contributed by atoms with Crippen molar-refractivity contribution in [2.75, 3.05) is 22.8 Å². The van der Waals surface area contributed by atoms with E-state index < -0.39 is 10.1 Å². The molecule has 0 aliphatic heterocycles. The van der Waals surface area contributed by atoms with E-state index in [9.17, 15) is 13.5 Å². The van der Waals surface area contributed by atoms with Crippen molar-refractivity contribution in [3.05, 3.63) is 60.7 Å². The summed E-state index contributed by atoms with van der Waals surface area (Å²) in [4.78, 5) is 8.84. The Morgan fingerprint density at radius 3 is 2.23 bits per heavy atom. The Bertz CT molecular complexity index is 1110. The fraction of sp³-hybridized carbons (Fsp3) is 0.238. The first-order valence-corrected chi connectivity index (χ1v) is 11.1. The third-order valence-corrected chi connectivity index (χ3v) is 5.47. The minimum Gasteiger partial charge on any atom is -0.394 e. The quantitative estimate of drug-likeness (QED) is 0.249. The average molecular weight is 444 g/mol. The van der Waals surface area contributed by atoms with Crippen LogP contribution in [0.25, 0.3) is 11.3 Å². The summed E-state index contributed by atoms with van der Waals surface area (Å²) in [7, 11) is -4.25. The van der Waals surface area contributed by atoms with Gasteiger partial charge in [-0.25, -0.2) is 4.98 Å². The number of aliphatic hydroxyl groups excluding tert-OH is 1. The Kier molecular flexibility index (Phi) is 7.06. The van der Waals surface area contributed by atoms with E-state index in [2.05, 4.69) is 26.1 Å². The van der Waals surface area contributed by atoms with Crippen molar-refractivity contribution in [3.8, 4) is 11.3 Å². The van der Waals surface area contributed by atoms with Gasteiger partial charge in [0.15, 0.2) is 5.82 Å². The second-order valence-electron chi connectivity index (χ2n) is 7.25. The molecule has 31 heavy (non-hydrogen) atoms. The predicted octanol–water partition coefficient (Wildman–Crippen LogP) is 3.26. The molecule has 2 aromatic carbocycles. The monoisotopic (exact) mass is 443 g/mol. The van der Waals surface area contributed by atoms with E-state index in [1.807, 2.05) is 44.2 Å². The Morgan fingerprint density at radius 1 is 0.968 bits per heavy atom. The summed E-state index contributed by atoms with van der Waals surface area (Å²) in [6.07, 6.45) is 0. The summed E-state index contributed by atoms with van der Waals surface area (Å²) in [6.45, 7) is 3.93. The SMILES string of the molecule is CC(C)[C@@H](CO)Nc1nc(NNc2ccc(S(=O)(=O)O)cc2)cc(-c2ccccc2)n1. The maximum atomic E-state index is 11.2. The van der Waals surface area contributed by atoms with Crippen LogP contribution in [0.5, 0.6) is 0 Å². The van der Waals surface area contributed by atoms with Gasteiger partial charge in [0.25, 0.3) is 10.1 Å². The van der Waals surface area contributed by atoms with E-state index in [4.69, 9.17) is 4.55 Å². The van der Waals surface area contributed by atoms with Crippen LogP contribution < -0.4 is 16.2 Å². The van der Waals surface area contributed by atoms with E-state index in [0.717, 1.165) is 5.56 Å². The molecule has 0 amide bonds. The van der Waals surface area contributed by atoms with Crippen molar-refractivity contribution < 1.29 is 18.1 Å². The van der Waals surface area contributed by atoms with Crippen LogP contribution in [-0.4, -0.2) is 40.7 Å². The molecule has 0 bridgehead atoms. The highest BCUT2D eigenvalue weighted by Gasteiger charge is 2.15. The number of nitrogens with zero attached hydrogens (tertiary/aromatic N) is 2. The lowest BCUT2D eigenvalue weighted by Gasteiger charge is -2.21. The molecule has 1 atom stereocenters. The van der Waals surface area contributed by atoms with E-state index >= 15 is 0 Å². The van der Waals surface area contributed by atoms with Gasteiger partial charge >= 0.3 is 0 Å². The summed E-state index contributed by atoms with van der Waals surface area (Å²) in [6, 6.07) is 16.8. The van der Waals surface area contributed by atoms with Crippen molar-refractivity contribution in [1.82, 2.24) is 9.97 Å². The lowest BCUT2D eigenvalue weighted by atomic mass is 10.1. The third kappa shape index (κ3) is 6.14. The standard InChI is InChI=1S/C21H25N5O4S/c1-14(2)19(13-27)23-21-22-18(15-6-4-3-5-7-15)12-20(24-21)26-25-16-8-10-17(11-9-16)31(28,29)30/h3-12,14,19,25,27H,13H2,1-2H3,(H,28,29,30)(H2,22,23,24,26)/t19-/m1/s1. The molecular weight excluding hydrogens is 418 g/mol. The Labute approximate surface area is 181 Å². The molecule has 0 unspecified atom stereocenters. The summed E-state index contributed by atoms with van der Waals surface area (Å²) >= 11 is 0. The van der Waals surface area contributed by atoms with Crippen LogP contribution in [0, 0.1) is 5.92 Å². The summed E-state index contributed by atoms with van der Waals surface area (Å²) in [5, 5.41) is 12.8. The average Bonchev–Trinajstić information content (AvgIpc) is 2.76. The number of hydrazine groups is 1. The second kappa shape index (κ2) is 9.73. The maximum absolute atomic E-state index is 11.2. The zero-order valence-electron chi connectivity index (χ0n) is 17.1. The molecule has 5 N–H and O–H groups in total. The maximum Gasteiger partial charge on any atom is 0.294 e. The van der Waals surface area contributed by atoms with Crippen molar-refractivity contribution in [2.45, 2.75) is 24.8 Å². The highest BCUT2D eigenvalue weighted by molar-refractivity contribution is 7.85. The molecule has 0 spiro atoms. The number of anilines is 3. The summed E-state index contributed by atoms with van der Waals surface area (Å²) in [5.74, 6) is 1.00. The van der Waals surface area contributed by atoms with Crippen LogP contribution in [0.1, 0.15) is 13.8 Å². The molecule has 0 saturated heterocycles. The van der Waals surface area contributed by atoms with Gasteiger partial charge in [-0.3, -0.25) is 15.4 Å². The van der Waals surface area contributed by atoms with Crippen molar-refractivity contribution in [1.29, 1.82) is 0 Å². The van der Waals surface area contributed by atoms with Crippen LogP contribution in [-0.2, 0) is 10.1 Å². The molecular formula is C21H25N5O4S. The molecule has 0 saturated carbocycles. The number of benzene rings is 2. The van der Waals surface area contributed by atoms with Gasteiger partial charge in [-0.15, -0.1) is 0 Å². The second-order valence-corrected chi connectivity index (χ2v) is 8.68. The summed E-state index contributed by atoms with van der Waals surface area (Å²) < 4.78 is 31.4. The van der Waals surface area contributed by atoms with E-state index in [-0.39, 0.29) is 23.5 Å². The lowest BCUT2D eigenvalue weighted by Crippen LogP contribution is -2.30. The van der Waals surface area contributed by atoms with Gasteiger partial charge in [0, 0.05) is 11.6 Å². The zero-order valence-corrected chi connectivity index (χ0v) is 18.0. The Morgan fingerprint density at radius 2 is 1.65 bits per heavy atom. The highest BCUT2D eigenvalue weighted by Crippen LogP contribution is 2.22. The topological polar surface area (TPSA) is 136 Å². The fourth-order valence-corrected chi connectivity index (χ4v) is 3.25. The number of hydrogen-bond donors (Lipinski definition) is 5. The molecule has 0 aliphatic rings. The molecule has 1 heterocycles. The number of nitrogens with one attached hydrogen (secondary N) is 3. The van der Waals surface area contributed by atoms with Gasteiger partial charge in [-0.2, -0.15) is 13.4 Å². The first-order valence-electron chi connectivity index (χ1n) is 9.68. The van der Waals surface area contributed by atoms with Gasteiger partial charge in [-0.05, 0) is 30.2 Å². The number of aromatic nitrogens is 2. The smallest absolute Gasteiger partial charge is 0.294 e. The molecule has 1 aromatic heterocycles. The van der Waals surface area contributed by atoms with Gasteiger partial charge in [0.1, 0.15) is 0 Å². The van der Waals surface area contributed by atoms with Gasteiger partial charge < -0.3 is 10.4 Å². The minimum atomic E-state index is -4.25. The highest BCUT2D eigenvalue weighted by atomic mass is 32.2. The van der Waals surface area contributed by atoms with Crippen LogP contribution in [0.2, 0.25) is 0 Å². The van der Waals surface area contributed by atoms with Crippen LogP contribution in [0.3, 0.4) is 0 Å². The normalized spacial score (nSPS) is 12.4. The minimum absolute atomic E-state index is 0.0578. The number of rotatable bonds is 9. The Hall–Kier alpha value is -3.21. The van der Waals surface area contributed by atoms with E-state index in [1.165, 1.54) is 24.3 Å². The van der Waals surface area contributed by atoms with Gasteiger partial charge in [-0.1, -0.05) is 44.2 Å². The molecule has 10 heteroatoms. The fourth-order valence-electron chi connectivity index (χ4n) is 2.77. The molecule has 0 radical (unpaired) electrons. The van der Waals surface area contributed by atoms with E-state index in [0.29, 0.717) is 23.1 Å². The first-order chi connectivity index (χ1) is 14.8. The zero-order chi connectivity index (χ0) is 22.4. The predicted molar refractivity (Wildman–Crippen MR) is 120 cm³/mol. The molecule has 3 rings (SSSR count). The number of hydrogen-bond acceptors (Lipinski definition) is 8. The molecule has 0 aliphatic carbocycles. The van der Waals surface area contributed by atoms with Crippen LogP contribution >= 0.6 is 0 Å². The molecule has 3 aromatic rings. The molecule has 164 valence electrons. The molecule has 9 nitrogen and oxygen atoms in total. The first kappa shape index (κ1) is 22.5. The van der Waals surface area contributed by atoms with Crippen LogP contribution in [0.15, 0.2) is 65.6 Å². The third-order valence-electron chi connectivity index (χ3n) is 4.60. The van der Waals surface area contributed by atoms with E-state index in [1.54, 1.807) is 6.07 Å². The largest absolute Gasteiger partial charge is 0.394 e. The van der Waals surface area contributed by atoms with Crippen molar-refractivity contribution >= 4 is 27.6 Å².